The van der Waals surface area contributed by atoms with Crippen LogP contribution in [-0.2, 0) is 13.0 Å². The van der Waals surface area contributed by atoms with E-state index in [9.17, 15) is 4.79 Å². The highest BCUT2D eigenvalue weighted by atomic mass is 32.1. The summed E-state index contributed by atoms with van der Waals surface area (Å²) in [6, 6.07) is 9.97. The zero-order chi connectivity index (χ0) is 17.7. The van der Waals surface area contributed by atoms with E-state index in [1.807, 2.05) is 40.6 Å². The van der Waals surface area contributed by atoms with Crippen molar-refractivity contribution in [3.8, 4) is 11.4 Å². The molecule has 1 amide bonds. The Labute approximate surface area is 153 Å². The van der Waals surface area contributed by atoms with E-state index in [-0.39, 0.29) is 11.9 Å². The van der Waals surface area contributed by atoms with Crippen molar-refractivity contribution in [1.82, 2.24) is 25.1 Å². The summed E-state index contributed by atoms with van der Waals surface area (Å²) in [4.78, 5) is 22.7. The number of para-hydroxylation sites is 1. The van der Waals surface area contributed by atoms with Crippen LogP contribution in [0.15, 0.2) is 41.2 Å². The van der Waals surface area contributed by atoms with Crippen LogP contribution in [0, 0.1) is 0 Å². The Morgan fingerprint density at radius 3 is 3.04 bits per heavy atom. The number of hydrogen-bond acceptors (Lipinski definition) is 4. The van der Waals surface area contributed by atoms with Crippen LogP contribution in [0.25, 0.3) is 22.3 Å². The van der Waals surface area contributed by atoms with E-state index >= 15 is 0 Å². The van der Waals surface area contributed by atoms with Gasteiger partial charge in [0.2, 0.25) is 0 Å². The molecule has 1 aliphatic heterocycles. The number of thiazole rings is 1. The van der Waals surface area contributed by atoms with Crippen LogP contribution in [0.1, 0.15) is 28.7 Å². The van der Waals surface area contributed by atoms with E-state index in [1.54, 1.807) is 16.8 Å². The number of benzene rings is 1. The van der Waals surface area contributed by atoms with Gasteiger partial charge in [0.05, 0.1) is 12.1 Å². The van der Waals surface area contributed by atoms with Crippen LogP contribution < -0.4 is 0 Å². The average Bonchev–Trinajstić information content (AvgIpc) is 3.38. The van der Waals surface area contributed by atoms with Crippen molar-refractivity contribution in [2.45, 2.75) is 25.9 Å². The molecule has 0 saturated carbocycles. The molecule has 5 rings (SSSR count). The van der Waals surface area contributed by atoms with E-state index in [2.05, 4.69) is 27.1 Å². The number of carbonyl (C=O) groups excluding carboxylic acids is 1. The minimum absolute atomic E-state index is 0.0183. The topological polar surface area (TPSA) is 77.7 Å². The minimum Gasteiger partial charge on any atom is -0.351 e. The van der Waals surface area contributed by atoms with Crippen molar-refractivity contribution >= 4 is 28.1 Å². The van der Waals surface area contributed by atoms with Gasteiger partial charge in [-0.15, -0.1) is 11.3 Å². The Morgan fingerprint density at radius 1 is 1.35 bits per heavy atom. The highest BCUT2D eigenvalue weighted by Gasteiger charge is 2.32. The smallest absolute Gasteiger partial charge is 0.270 e. The minimum atomic E-state index is 0.0183. The molecule has 0 saturated heterocycles. The molecule has 7 heteroatoms. The van der Waals surface area contributed by atoms with E-state index in [4.69, 9.17) is 0 Å². The second-order valence-electron chi connectivity index (χ2n) is 6.66. The first-order valence-corrected chi connectivity index (χ1v) is 9.48. The van der Waals surface area contributed by atoms with Gasteiger partial charge in [0.1, 0.15) is 17.1 Å². The second-order valence-corrected chi connectivity index (χ2v) is 7.38. The van der Waals surface area contributed by atoms with Crippen LogP contribution in [-0.4, -0.2) is 37.0 Å². The van der Waals surface area contributed by atoms with Gasteiger partial charge in [0.25, 0.3) is 5.91 Å². The fourth-order valence-electron chi connectivity index (χ4n) is 3.63. The molecular formula is C19H17N5OS. The number of fused-ring (bicyclic) bond motifs is 2. The lowest BCUT2D eigenvalue weighted by Crippen LogP contribution is -2.42. The molecule has 4 heterocycles. The highest BCUT2D eigenvalue weighted by Crippen LogP contribution is 2.31. The van der Waals surface area contributed by atoms with Crippen molar-refractivity contribution in [3.05, 3.63) is 58.2 Å². The molecular weight excluding hydrogens is 346 g/mol. The van der Waals surface area contributed by atoms with Gasteiger partial charge in [-0.05, 0) is 19.1 Å². The predicted molar refractivity (Wildman–Crippen MR) is 101 cm³/mol. The van der Waals surface area contributed by atoms with Crippen LogP contribution in [0.5, 0.6) is 0 Å². The van der Waals surface area contributed by atoms with Crippen molar-refractivity contribution in [1.29, 1.82) is 0 Å². The van der Waals surface area contributed by atoms with E-state index in [1.165, 1.54) is 0 Å². The summed E-state index contributed by atoms with van der Waals surface area (Å²) in [5.41, 5.74) is 7.28. The predicted octanol–water partition coefficient (Wildman–Crippen LogP) is 3.60. The maximum absolute atomic E-state index is 13.2. The van der Waals surface area contributed by atoms with Gasteiger partial charge in [-0.3, -0.25) is 9.89 Å². The number of hydrogen-bond donors (Lipinski definition) is 2. The summed E-state index contributed by atoms with van der Waals surface area (Å²) in [5, 5.41) is 10.6. The van der Waals surface area contributed by atoms with Crippen molar-refractivity contribution < 1.29 is 4.79 Å². The Morgan fingerprint density at radius 2 is 2.23 bits per heavy atom. The SMILES string of the molecule is CC1Cc2[nH]nc(-c3cscn3)c2CN1C(=O)c1cc2ccccc2[nH]1. The zero-order valence-electron chi connectivity index (χ0n) is 14.2. The lowest BCUT2D eigenvalue weighted by molar-refractivity contribution is 0.0652. The van der Waals surface area contributed by atoms with E-state index in [0.29, 0.717) is 12.2 Å². The summed E-state index contributed by atoms with van der Waals surface area (Å²) >= 11 is 1.54. The number of nitrogens with one attached hydrogen (secondary N) is 2. The number of carbonyl (C=O) groups is 1. The van der Waals surface area contributed by atoms with Gasteiger partial charge in [0, 0.05) is 40.0 Å². The Balaban J connectivity index is 1.50. The number of aromatic nitrogens is 4. The molecule has 1 atom stereocenters. The number of aromatic amines is 2. The van der Waals surface area contributed by atoms with Crippen molar-refractivity contribution in [2.24, 2.45) is 0 Å². The fraction of sp³-hybridized carbons (Fsp3) is 0.211. The molecule has 0 spiro atoms. The molecule has 6 nitrogen and oxygen atoms in total. The molecule has 0 bridgehead atoms. The number of rotatable bonds is 2. The molecule has 0 fully saturated rings. The highest BCUT2D eigenvalue weighted by molar-refractivity contribution is 7.07. The number of nitrogens with zero attached hydrogens (tertiary/aromatic N) is 3. The first-order valence-electron chi connectivity index (χ1n) is 8.54. The number of amides is 1. The maximum atomic E-state index is 13.2. The summed E-state index contributed by atoms with van der Waals surface area (Å²) in [7, 11) is 0. The largest absolute Gasteiger partial charge is 0.351 e. The van der Waals surface area contributed by atoms with Crippen LogP contribution in [0.4, 0.5) is 0 Å². The summed E-state index contributed by atoms with van der Waals surface area (Å²) in [6.45, 7) is 2.61. The Hall–Kier alpha value is -2.93. The lowest BCUT2D eigenvalue weighted by atomic mass is 9.98. The van der Waals surface area contributed by atoms with Gasteiger partial charge in [-0.25, -0.2) is 4.98 Å². The van der Waals surface area contributed by atoms with E-state index in [0.717, 1.165) is 40.0 Å². The van der Waals surface area contributed by atoms with Crippen molar-refractivity contribution in [3.63, 3.8) is 0 Å². The van der Waals surface area contributed by atoms with Gasteiger partial charge in [-0.1, -0.05) is 18.2 Å². The molecule has 26 heavy (non-hydrogen) atoms. The average molecular weight is 363 g/mol. The molecule has 4 aromatic rings. The van der Waals surface area contributed by atoms with Gasteiger partial charge in [-0.2, -0.15) is 5.10 Å². The van der Waals surface area contributed by atoms with Crippen LogP contribution >= 0.6 is 11.3 Å². The first-order chi connectivity index (χ1) is 12.7. The van der Waals surface area contributed by atoms with Crippen LogP contribution in [0.2, 0.25) is 0 Å². The number of H-pyrrole nitrogens is 2. The third-order valence-corrected chi connectivity index (χ3v) is 5.60. The van der Waals surface area contributed by atoms with Gasteiger partial charge in [0.15, 0.2) is 0 Å². The van der Waals surface area contributed by atoms with Gasteiger partial charge >= 0.3 is 0 Å². The second kappa shape index (κ2) is 5.81. The zero-order valence-corrected chi connectivity index (χ0v) is 15.0. The fourth-order valence-corrected chi connectivity index (χ4v) is 4.17. The molecule has 1 unspecified atom stereocenters. The summed E-state index contributed by atoms with van der Waals surface area (Å²) < 4.78 is 0. The molecule has 0 radical (unpaired) electrons. The third-order valence-electron chi connectivity index (χ3n) is 5.01. The normalized spacial score (nSPS) is 16.8. The molecule has 1 aliphatic rings. The summed E-state index contributed by atoms with van der Waals surface area (Å²) in [5.74, 6) is 0.0183. The quantitative estimate of drug-likeness (QED) is 0.571. The van der Waals surface area contributed by atoms with Gasteiger partial charge < -0.3 is 9.88 Å². The maximum Gasteiger partial charge on any atom is 0.270 e. The van der Waals surface area contributed by atoms with Crippen molar-refractivity contribution in [2.75, 3.05) is 0 Å². The molecule has 130 valence electrons. The summed E-state index contributed by atoms with van der Waals surface area (Å²) in [6.07, 6.45) is 0.762. The Bertz CT molecular complexity index is 1060. The molecule has 0 aliphatic carbocycles. The molecule has 3 aromatic heterocycles. The first kappa shape index (κ1) is 15.3. The van der Waals surface area contributed by atoms with Crippen LogP contribution in [0.3, 0.4) is 0 Å². The monoisotopic (exact) mass is 363 g/mol. The standard InChI is InChI=1S/C19H17N5OS/c1-11-6-15-13(18(23-22-15)17-9-26-10-20-17)8-24(11)19(25)16-7-12-4-2-3-5-14(12)21-16/h2-5,7,9-11,21H,6,8H2,1H3,(H,22,23). The van der Waals surface area contributed by atoms with E-state index < -0.39 is 0 Å². The Kier molecular flexibility index (Phi) is 3.43. The molecule has 2 N–H and O–H groups in total. The molecule has 1 aromatic carbocycles. The lowest BCUT2D eigenvalue weighted by Gasteiger charge is -2.33. The third kappa shape index (κ3) is 2.35.